The third-order valence-electron chi connectivity index (χ3n) is 5.43. The van der Waals surface area contributed by atoms with Crippen molar-refractivity contribution in [1.82, 2.24) is 14.1 Å². The number of hydrogen-bond donors (Lipinski definition) is 1. The van der Waals surface area contributed by atoms with Gasteiger partial charge in [-0.2, -0.15) is 0 Å². The Morgan fingerprint density at radius 1 is 1.03 bits per heavy atom. The minimum atomic E-state index is -3.69. The number of likely N-dealkylation sites (tertiary alicyclic amines) is 1. The van der Waals surface area contributed by atoms with Crippen LogP contribution in [-0.4, -0.2) is 80.6 Å². The number of carbonyl (C=O) groups is 2. The SMILES string of the molecule is CN(C)CCN1C(=O)C(=O)C(=C(O)c2ccc(S(=O)(=O)N(C)C)cc2)C1c1ccccc1F. The number of aliphatic hydroxyl groups excluding tert-OH is 1. The van der Waals surface area contributed by atoms with Crippen molar-refractivity contribution in [3.63, 3.8) is 0 Å². The number of nitrogens with zero attached hydrogens (tertiary/aromatic N) is 3. The number of rotatable bonds is 7. The predicted octanol–water partition coefficient (Wildman–Crippen LogP) is 2.06. The van der Waals surface area contributed by atoms with Gasteiger partial charge in [-0.15, -0.1) is 0 Å². The highest BCUT2D eigenvalue weighted by Gasteiger charge is 2.46. The van der Waals surface area contributed by atoms with Gasteiger partial charge in [0.2, 0.25) is 10.0 Å². The Morgan fingerprint density at radius 2 is 1.64 bits per heavy atom. The number of sulfonamides is 1. The number of amides is 1. The summed E-state index contributed by atoms with van der Waals surface area (Å²) in [5.74, 6) is -2.87. The fourth-order valence-electron chi connectivity index (χ4n) is 3.59. The van der Waals surface area contributed by atoms with Crippen LogP contribution in [0.5, 0.6) is 0 Å². The molecule has 1 amide bonds. The molecule has 10 heteroatoms. The summed E-state index contributed by atoms with van der Waals surface area (Å²) in [5.41, 5.74) is -0.0180. The first-order chi connectivity index (χ1) is 15.5. The van der Waals surface area contributed by atoms with Crippen LogP contribution in [0.1, 0.15) is 17.2 Å². The topological polar surface area (TPSA) is 98.2 Å². The molecule has 2 aromatic rings. The highest BCUT2D eigenvalue weighted by atomic mass is 32.2. The van der Waals surface area contributed by atoms with Crippen LogP contribution < -0.4 is 0 Å². The smallest absolute Gasteiger partial charge is 0.295 e. The molecule has 0 aliphatic carbocycles. The minimum Gasteiger partial charge on any atom is -0.507 e. The number of carbonyl (C=O) groups excluding carboxylic acids is 2. The van der Waals surface area contributed by atoms with Gasteiger partial charge in [0, 0.05) is 38.3 Å². The molecule has 0 aromatic heterocycles. The third-order valence-corrected chi connectivity index (χ3v) is 7.26. The van der Waals surface area contributed by atoms with Gasteiger partial charge in [0.1, 0.15) is 11.6 Å². The first kappa shape index (κ1) is 24.6. The van der Waals surface area contributed by atoms with Crippen LogP contribution >= 0.6 is 0 Å². The second-order valence-corrected chi connectivity index (χ2v) is 10.3. The second-order valence-electron chi connectivity index (χ2n) is 8.13. The maximum absolute atomic E-state index is 14.7. The average Bonchev–Trinajstić information content (AvgIpc) is 3.02. The van der Waals surface area contributed by atoms with E-state index < -0.39 is 39.3 Å². The summed E-state index contributed by atoms with van der Waals surface area (Å²) in [6, 6.07) is 9.94. The number of halogens is 1. The lowest BCUT2D eigenvalue weighted by Crippen LogP contribution is -2.35. The largest absolute Gasteiger partial charge is 0.507 e. The van der Waals surface area contributed by atoms with Crippen LogP contribution in [0, 0.1) is 5.82 Å². The van der Waals surface area contributed by atoms with Gasteiger partial charge >= 0.3 is 0 Å². The molecule has 1 N–H and O–H groups in total. The van der Waals surface area contributed by atoms with Crippen molar-refractivity contribution in [3.8, 4) is 0 Å². The Balaban J connectivity index is 2.14. The van der Waals surface area contributed by atoms with Crippen LogP contribution in [0.15, 0.2) is 59.0 Å². The molecular formula is C23H26FN3O5S. The van der Waals surface area contributed by atoms with Crippen LogP contribution in [0.3, 0.4) is 0 Å². The lowest BCUT2D eigenvalue weighted by molar-refractivity contribution is -0.140. The normalized spacial score (nSPS) is 18.5. The summed E-state index contributed by atoms with van der Waals surface area (Å²) in [4.78, 5) is 28.8. The Hall–Kier alpha value is -3.08. The Labute approximate surface area is 192 Å². The summed E-state index contributed by atoms with van der Waals surface area (Å²) in [6.07, 6.45) is 0. The molecule has 33 heavy (non-hydrogen) atoms. The monoisotopic (exact) mass is 475 g/mol. The summed E-state index contributed by atoms with van der Waals surface area (Å²) >= 11 is 0. The first-order valence-electron chi connectivity index (χ1n) is 10.2. The van der Waals surface area contributed by atoms with E-state index in [0.717, 1.165) is 4.31 Å². The van der Waals surface area contributed by atoms with E-state index in [2.05, 4.69) is 0 Å². The number of likely N-dealkylation sites (N-methyl/N-ethyl adjacent to an activating group) is 1. The van der Waals surface area contributed by atoms with Gasteiger partial charge in [0.15, 0.2) is 0 Å². The van der Waals surface area contributed by atoms with Crippen molar-refractivity contribution in [1.29, 1.82) is 0 Å². The maximum atomic E-state index is 14.7. The van der Waals surface area contributed by atoms with Gasteiger partial charge in [0.05, 0.1) is 16.5 Å². The van der Waals surface area contributed by atoms with Gasteiger partial charge in [-0.3, -0.25) is 9.59 Å². The van der Waals surface area contributed by atoms with Gasteiger partial charge < -0.3 is 14.9 Å². The van der Waals surface area contributed by atoms with E-state index in [1.807, 2.05) is 4.90 Å². The minimum absolute atomic E-state index is 0.00105. The number of hydrogen-bond acceptors (Lipinski definition) is 6. The molecule has 1 aliphatic heterocycles. The van der Waals surface area contributed by atoms with Crippen LogP contribution in [0.2, 0.25) is 0 Å². The molecule has 8 nitrogen and oxygen atoms in total. The molecule has 3 rings (SSSR count). The number of Topliss-reactive ketones (excluding diaryl/α,β-unsaturated/α-hetero) is 1. The third kappa shape index (κ3) is 4.68. The quantitative estimate of drug-likeness (QED) is 0.374. The molecule has 1 heterocycles. The van der Waals surface area contributed by atoms with E-state index >= 15 is 0 Å². The molecular weight excluding hydrogens is 449 g/mol. The maximum Gasteiger partial charge on any atom is 0.295 e. The van der Waals surface area contributed by atoms with E-state index in [9.17, 15) is 27.5 Å². The number of benzene rings is 2. The average molecular weight is 476 g/mol. The summed E-state index contributed by atoms with van der Waals surface area (Å²) in [7, 11) is 2.71. The lowest BCUT2D eigenvalue weighted by atomic mass is 9.95. The Kier molecular flexibility index (Phi) is 7.01. The molecule has 176 valence electrons. The van der Waals surface area contributed by atoms with E-state index in [0.29, 0.717) is 6.54 Å². The molecule has 0 spiro atoms. The highest BCUT2D eigenvalue weighted by molar-refractivity contribution is 7.89. The number of ketones is 1. The summed E-state index contributed by atoms with van der Waals surface area (Å²) in [5, 5.41) is 11.0. The van der Waals surface area contributed by atoms with Gasteiger partial charge in [-0.05, 0) is 44.4 Å². The van der Waals surface area contributed by atoms with E-state index in [-0.39, 0.29) is 28.1 Å². The standard InChI is InChI=1S/C23H26FN3O5S/c1-25(2)13-14-27-20(17-7-5-6-8-18(17)24)19(22(29)23(27)30)21(28)15-9-11-16(12-10-15)33(31,32)26(3)4/h5-12,20,28H,13-14H2,1-4H3. The number of aliphatic hydroxyl groups is 1. The predicted molar refractivity (Wildman–Crippen MR) is 121 cm³/mol. The fraction of sp³-hybridized carbons (Fsp3) is 0.304. The summed E-state index contributed by atoms with van der Waals surface area (Å²) < 4.78 is 40.4. The van der Waals surface area contributed by atoms with Crippen LogP contribution in [0.4, 0.5) is 4.39 Å². The molecule has 1 aliphatic rings. The van der Waals surface area contributed by atoms with Gasteiger partial charge in [-0.25, -0.2) is 17.1 Å². The van der Waals surface area contributed by atoms with Gasteiger partial charge in [0.25, 0.3) is 11.7 Å². The Morgan fingerprint density at radius 3 is 2.18 bits per heavy atom. The van der Waals surface area contributed by atoms with Crippen molar-refractivity contribution < 1.29 is 27.5 Å². The van der Waals surface area contributed by atoms with Crippen LogP contribution in [-0.2, 0) is 19.6 Å². The molecule has 2 aromatic carbocycles. The Bertz CT molecular complexity index is 1210. The summed E-state index contributed by atoms with van der Waals surface area (Å²) in [6.45, 7) is 0.572. The molecule has 0 radical (unpaired) electrons. The molecule has 1 fully saturated rings. The first-order valence-corrected chi connectivity index (χ1v) is 11.6. The molecule has 0 saturated carbocycles. The van der Waals surface area contributed by atoms with Crippen molar-refractivity contribution >= 4 is 27.5 Å². The zero-order chi connectivity index (χ0) is 24.5. The molecule has 1 saturated heterocycles. The second kappa shape index (κ2) is 9.42. The molecule has 1 atom stereocenters. The zero-order valence-electron chi connectivity index (χ0n) is 18.8. The van der Waals surface area contributed by atoms with Crippen molar-refractivity contribution in [2.75, 3.05) is 41.3 Å². The lowest BCUT2D eigenvalue weighted by Gasteiger charge is -2.26. The molecule has 0 bridgehead atoms. The molecule has 1 unspecified atom stereocenters. The van der Waals surface area contributed by atoms with Crippen molar-refractivity contribution in [2.45, 2.75) is 10.9 Å². The van der Waals surface area contributed by atoms with Gasteiger partial charge in [-0.1, -0.05) is 18.2 Å². The fourth-order valence-corrected chi connectivity index (χ4v) is 4.49. The van der Waals surface area contributed by atoms with E-state index in [1.54, 1.807) is 20.2 Å². The zero-order valence-corrected chi connectivity index (χ0v) is 19.6. The van der Waals surface area contributed by atoms with E-state index in [4.69, 9.17) is 0 Å². The van der Waals surface area contributed by atoms with Crippen molar-refractivity contribution in [3.05, 3.63) is 71.0 Å². The van der Waals surface area contributed by atoms with Crippen molar-refractivity contribution in [2.24, 2.45) is 0 Å². The van der Waals surface area contributed by atoms with Crippen LogP contribution in [0.25, 0.3) is 5.76 Å². The highest BCUT2D eigenvalue weighted by Crippen LogP contribution is 2.40. The van der Waals surface area contributed by atoms with E-state index in [1.165, 1.54) is 61.5 Å².